The average molecular weight is 216 g/mol. The summed E-state index contributed by atoms with van der Waals surface area (Å²) < 4.78 is 5.37. The fourth-order valence-corrected chi connectivity index (χ4v) is 2.00. The molecular weight excluding hydrogens is 200 g/mol. The fourth-order valence-electron chi connectivity index (χ4n) is 2.00. The Bertz CT molecular complexity index is 509. The number of nitrogens with two attached hydrogens (primary N) is 1. The van der Waals surface area contributed by atoms with Gasteiger partial charge in [0.05, 0.1) is 12.6 Å². The third kappa shape index (κ3) is 1.86. The summed E-state index contributed by atoms with van der Waals surface area (Å²) in [5.41, 5.74) is 8.84. The van der Waals surface area contributed by atoms with E-state index in [0.29, 0.717) is 6.54 Å². The summed E-state index contributed by atoms with van der Waals surface area (Å²) in [6.45, 7) is 2.63. The van der Waals surface area contributed by atoms with Crippen molar-refractivity contribution >= 4 is 10.9 Å². The molecular formula is C13H16N2O. The zero-order valence-corrected chi connectivity index (χ0v) is 9.66. The van der Waals surface area contributed by atoms with Gasteiger partial charge in [0.15, 0.2) is 0 Å². The van der Waals surface area contributed by atoms with E-state index in [2.05, 4.69) is 11.1 Å². The maximum absolute atomic E-state index is 5.63. The highest BCUT2D eigenvalue weighted by Crippen LogP contribution is 2.28. The van der Waals surface area contributed by atoms with Gasteiger partial charge in [0.1, 0.15) is 5.75 Å². The summed E-state index contributed by atoms with van der Waals surface area (Å²) in [5.74, 6) is 0.869. The molecule has 0 spiro atoms. The van der Waals surface area contributed by atoms with Gasteiger partial charge in [0.25, 0.3) is 0 Å². The van der Waals surface area contributed by atoms with Crippen molar-refractivity contribution in [1.29, 1.82) is 0 Å². The number of hydrogen-bond acceptors (Lipinski definition) is 3. The van der Waals surface area contributed by atoms with Gasteiger partial charge in [-0.2, -0.15) is 0 Å². The van der Waals surface area contributed by atoms with Crippen molar-refractivity contribution in [1.82, 2.24) is 4.98 Å². The second-order valence-corrected chi connectivity index (χ2v) is 3.82. The second-order valence-electron chi connectivity index (χ2n) is 3.82. The van der Waals surface area contributed by atoms with Crippen molar-refractivity contribution < 1.29 is 4.74 Å². The number of pyridine rings is 1. The Hall–Kier alpha value is -1.61. The SMILES string of the molecule is COc1cccc2nc(C)cc(CCN)c12. The largest absolute Gasteiger partial charge is 0.496 e. The molecule has 1 heterocycles. The van der Waals surface area contributed by atoms with Gasteiger partial charge in [-0.15, -0.1) is 0 Å². The van der Waals surface area contributed by atoms with Gasteiger partial charge >= 0.3 is 0 Å². The van der Waals surface area contributed by atoms with Crippen LogP contribution in [-0.2, 0) is 6.42 Å². The molecule has 0 radical (unpaired) electrons. The lowest BCUT2D eigenvalue weighted by molar-refractivity contribution is 0.419. The van der Waals surface area contributed by atoms with Crippen LogP contribution in [0.3, 0.4) is 0 Å². The van der Waals surface area contributed by atoms with Gasteiger partial charge in [0.2, 0.25) is 0 Å². The molecule has 3 heteroatoms. The molecule has 0 aliphatic carbocycles. The number of hydrogen-bond donors (Lipinski definition) is 1. The summed E-state index contributed by atoms with van der Waals surface area (Å²) in [5, 5.41) is 1.08. The van der Waals surface area contributed by atoms with Crippen LogP contribution in [-0.4, -0.2) is 18.6 Å². The van der Waals surface area contributed by atoms with Crippen molar-refractivity contribution in [2.24, 2.45) is 5.73 Å². The predicted molar refractivity (Wildman–Crippen MR) is 65.8 cm³/mol. The van der Waals surface area contributed by atoms with Crippen LogP contribution >= 0.6 is 0 Å². The minimum atomic E-state index is 0.636. The normalized spacial score (nSPS) is 10.7. The Morgan fingerprint density at radius 1 is 1.38 bits per heavy atom. The lowest BCUT2D eigenvalue weighted by atomic mass is 10.0. The quantitative estimate of drug-likeness (QED) is 0.854. The molecule has 3 nitrogen and oxygen atoms in total. The first-order valence-electron chi connectivity index (χ1n) is 5.39. The molecule has 1 aromatic heterocycles. The van der Waals surface area contributed by atoms with Gasteiger partial charge in [-0.3, -0.25) is 4.98 Å². The molecule has 0 saturated heterocycles. The molecule has 2 N–H and O–H groups in total. The van der Waals surface area contributed by atoms with Crippen molar-refractivity contribution in [3.63, 3.8) is 0 Å². The van der Waals surface area contributed by atoms with E-state index < -0.39 is 0 Å². The van der Waals surface area contributed by atoms with Crippen LogP contribution in [0.15, 0.2) is 24.3 Å². The van der Waals surface area contributed by atoms with Gasteiger partial charge in [-0.05, 0) is 43.7 Å². The van der Waals surface area contributed by atoms with Crippen LogP contribution in [0.5, 0.6) is 5.75 Å². The highest BCUT2D eigenvalue weighted by molar-refractivity contribution is 5.88. The third-order valence-corrected chi connectivity index (χ3v) is 2.64. The first-order chi connectivity index (χ1) is 7.76. The fraction of sp³-hybridized carbons (Fsp3) is 0.308. The van der Waals surface area contributed by atoms with Crippen LogP contribution in [0.4, 0.5) is 0 Å². The van der Waals surface area contributed by atoms with Gasteiger partial charge in [-0.1, -0.05) is 6.07 Å². The van der Waals surface area contributed by atoms with Crippen molar-refractivity contribution in [2.45, 2.75) is 13.3 Å². The zero-order valence-electron chi connectivity index (χ0n) is 9.66. The summed E-state index contributed by atoms with van der Waals surface area (Å²) in [6.07, 6.45) is 0.847. The number of benzene rings is 1. The van der Waals surface area contributed by atoms with Gasteiger partial charge < -0.3 is 10.5 Å². The van der Waals surface area contributed by atoms with Crippen LogP contribution in [0, 0.1) is 6.92 Å². The molecule has 16 heavy (non-hydrogen) atoms. The monoisotopic (exact) mass is 216 g/mol. The molecule has 0 aliphatic rings. The lowest BCUT2D eigenvalue weighted by Crippen LogP contribution is -2.04. The second kappa shape index (κ2) is 4.49. The Balaban J connectivity index is 2.74. The van der Waals surface area contributed by atoms with E-state index in [1.54, 1.807) is 7.11 Å². The van der Waals surface area contributed by atoms with Crippen molar-refractivity contribution in [3.05, 3.63) is 35.5 Å². The molecule has 2 aromatic rings. The molecule has 0 bridgehead atoms. The van der Waals surface area contributed by atoms with E-state index in [-0.39, 0.29) is 0 Å². The van der Waals surface area contributed by atoms with Crippen LogP contribution in [0.1, 0.15) is 11.3 Å². The van der Waals surface area contributed by atoms with E-state index in [1.165, 1.54) is 5.56 Å². The number of aryl methyl sites for hydroxylation is 1. The number of ether oxygens (including phenoxy) is 1. The molecule has 0 saturated carbocycles. The molecule has 0 fully saturated rings. The van der Waals surface area contributed by atoms with E-state index in [4.69, 9.17) is 10.5 Å². The first-order valence-corrected chi connectivity index (χ1v) is 5.39. The minimum absolute atomic E-state index is 0.636. The highest BCUT2D eigenvalue weighted by Gasteiger charge is 2.08. The van der Waals surface area contributed by atoms with Crippen molar-refractivity contribution in [3.8, 4) is 5.75 Å². The Morgan fingerprint density at radius 3 is 2.88 bits per heavy atom. The molecule has 2 rings (SSSR count). The maximum Gasteiger partial charge on any atom is 0.128 e. The topological polar surface area (TPSA) is 48.1 Å². The third-order valence-electron chi connectivity index (χ3n) is 2.64. The van der Waals surface area contributed by atoms with E-state index in [1.807, 2.05) is 25.1 Å². The van der Waals surface area contributed by atoms with Crippen LogP contribution < -0.4 is 10.5 Å². The molecule has 0 amide bonds. The molecule has 0 aliphatic heterocycles. The summed E-state index contributed by atoms with van der Waals surface area (Å²) in [6, 6.07) is 8.00. The number of fused-ring (bicyclic) bond motifs is 1. The molecule has 1 aromatic carbocycles. The number of nitrogens with zero attached hydrogens (tertiary/aromatic N) is 1. The van der Waals surface area contributed by atoms with E-state index in [0.717, 1.165) is 28.8 Å². The maximum atomic E-state index is 5.63. The summed E-state index contributed by atoms with van der Waals surface area (Å²) >= 11 is 0. The molecule has 84 valence electrons. The standard InChI is InChI=1S/C13H16N2O/c1-9-8-10(6-7-14)13-11(15-9)4-3-5-12(13)16-2/h3-5,8H,6-7,14H2,1-2H3. The van der Waals surface area contributed by atoms with Gasteiger partial charge in [-0.25, -0.2) is 0 Å². The molecule has 0 unspecified atom stereocenters. The lowest BCUT2D eigenvalue weighted by Gasteiger charge is -2.10. The smallest absolute Gasteiger partial charge is 0.128 e. The summed E-state index contributed by atoms with van der Waals surface area (Å²) in [7, 11) is 1.68. The Kier molecular flexibility index (Phi) is 3.06. The van der Waals surface area contributed by atoms with Crippen LogP contribution in [0.2, 0.25) is 0 Å². The zero-order chi connectivity index (χ0) is 11.5. The van der Waals surface area contributed by atoms with E-state index in [9.17, 15) is 0 Å². The minimum Gasteiger partial charge on any atom is -0.496 e. The van der Waals surface area contributed by atoms with Gasteiger partial charge in [0, 0.05) is 11.1 Å². The predicted octanol–water partition coefficient (Wildman–Crippen LogP) is 2.05. The number of aromatic nitrogens is 1. The average Bonchev–Trinajstić information content (AvgIpc) is 2.28. The first kappa shape index (κ1) is 10.9. The van der Waals surface area contributed by atoms with Crippen LogP contribution in [0.25, 0.3) is 10.9 Å². The summed E-state index contributed by atoms with van der Waals surface area (Å²) in [4.78, 5) is 4.51. The number of methoxy groups -OCH3 is 1. The van der Waals surface area contributed by atoms with Crippen molar-refractivity contribution in [2.75, 3.05) is 13.7 Å². The Morgan fingerprint density at radius 2 is 2.19 bits per heavy atom. The number of rotatable bonds is 3. The Labute approximate surface area is 95.2 Å². The highest BCUT2D eigenvalue weighted by atomic mass is 16.5. The molecule has 0 atom stereocenters. The van der Waals surface area contributed by atoms with E-state index >= 15 is 0 Å².